The van der Waals surface area contributed by atoms with E-state index >= 15 is 0 Å². The summed E-state index contributed by atoms with van der Waals surface area (Å²) in [6, 6.07) is 6.33. The summed E-state index contributed by atoms with van der Waals surface area (Å²) < 4.78 is 39.2. The molecule has 1 fully saturated rings. The van der Waals surface area contributed by atoms with Crippen molar-refractivity contribution in [1.82, 2.24) is 10.6 Å². The van der Waals surface area contributed by atoms with E-state index in [1.807, 2.05) is 0 Å². The summed E-state index contributed by atoms with van der Waals surface area (Å²) in [5.41, 5.74) is 0.476. The Balaban J connectivity index is 1.72. The third-order valence-electron chi connectivity index (χ3n) is 4.25. The second-order valence-corrected chi connectivity index (χ2v) is 7.10. The first-order valence-corrected chi connectivity index (χ1v) is 8.95. The number of carbonyl (C=O) groups excluding carboxylic acids is 2. The van der Waals surface area contributed by atoms with Crippen molar-refractivity contribution in [3.05, 3.63) is 34.3 Å². The molecule has 0 spiro atoms. The number of halogens is 4. The zero-order valence-electron chi connectivity index (χ0n) is 13.5. The maximum Gasteiger partial charge on any atom is 0.391 e. The minimum absolute atomic E-state index is 0.0372. The molecule has 0 unspecified atom stereocenters. The van der Waals surface area contributed by atoms with Gasteiger partial charge >= 0.3 is 6.18 Å². The van der Waals surface area contributed by atoms with Crippen LogP contribution in [0.3, 0.4) is 0 Å². The van der Waals surface area contributed by atoms with Crippen molar-refractivity contribution in [2.24, 2.45) is 5.92 Å². The molecule has 1 aromatic rings. The number of hydrogen-bond donors (Lipinski definition) is 2. The van der Waals surface area contributed by atoms with E-state index in [0.29, 0.717) is 18.4 Å². The van der Waals surface area contributed by atoms with Gasteiger partial charge in [-0.2, -0.15) is 13.2 Å². The highest BCUT2D eigenvalue weighted by atomic mass is 79.9. The SMILES string of the molecule is O=C(CCNC(=O)c1ccc(Br)cc1)N[C@H]1CCC[C@@H](C(F)(F)F)C1. The van der Waals surface area contributed by atoms with Crippen LogP contribution in [0.25, 0.3) is 0 Å². The summed E-state index contributed by atoms with van der Waals surface area (Å²) in [4.78, 5) is 23.8. The lowest BCUT2D eigenvalue weighted by atomic mass is 9.85. The van der Waals surface area contributed by atoms with Crippen molar-refractivity contribution in [2.75, 3.05) is 6.54 Å². The van der Waals surface area contributed by atoms with Crippen LogP contribution in [0, 0.1) is 5.92 Å². The Bertz CT molecular complexity index is 605. The molecule has 1 aromatic carbocycles. The van der Waals surface area contributed by atoms with Crippen LogP contribution in [0.15, 0.2) is 28.7 Å². The van der Waals surface area contributed by atoms with E-state index in [9.17, 15) is 22.8 Å². The topological polar surface area (TPSA) is 58.2 Å². The highest BCUT2D eigenvalue weighted by molar-refractivity contribution is 9.10. The fourth-order valence-corrected chi connectivity index (χ4v) is 3.18. The van der Waals surface area contributed by atoms with Crippen molar-refractivity contribution >= 4 is 27.7 Å². The quantitative estimate of drug-likeness (QED) is 0.760. The van der Waals surface area contributed by atoms with E-state index < -0.39 is 18.1 Å². The lowest BCUT2D eigenvalue weighted by Crippen LogP contribution is -2.42. The molecule has 2 rings (SSSR count). The van der Waals surface area contributed by atoms with Crippen LogP contribution in [0.5, 0.6) is 0 Å². The first-order chi connectivity index (χ1) is 11.8. The zero-order chi connectivity index (χ0) is 18.4. The van der Waals surface area contributed by atoms with Crippen LogP contribution in [-0.4, -0.2) is 30.6 Å². The van der Waals surface area contributed by atoms with Gasteiger partial charge in [-0.1, -0.05) is 22.4 Å². The Kier molecular flexibility index (Phi) is 6.87. The normalized spacial score (nSPS) is 20.8. The van der Waals surface area contributed by atoms with E-state index in [4.69, 9.17) is 0 Å². The molecule has 0 saturated heterocycles. The molecule has 138 valence electrons. The van der Waals surface area contributed by atoms with Gasteiger partial charge in [0.1, 0.15) is 0 Å². The van der Waals surface area contributed by atoms with Gasteiger partial charge in [0.25, 0.3) is 5.91 Å². The van der Waals surface area contributed by atoms with E-state index in [2.05, 4.69) is 26.6 Å². The van der Waals surface area contributed by atoms with Crippen molar-refractivity contribution in [3.63, 3.8) is 0 Å². The number of benzene rings is 1. The third kappa shape index (κ3) is 6.34. The summed E-state index contributed by atoms with van der Waals surface area (Å²) in [6.07, 6.45) is -3.10. The van der Waals surface area contributed by atoms with Gasteiger partial charge in [-0.25, -0.2) is 0 Å². The second-order valence-electron chi connectivity index (χ2n) is 6.18. The Morgan fingerprint density at radius 2 is 1.84 bits per heavy atom. The molecule has 1 aliphatic carbocycles. The number of rotatable bonds is 5. The number of hydrogen-bond acceptors (Lipinski definition) is 2. The Labute approximate surface area is 152 Å². The lowest BCUT2D eigenvalue weighted by molar-refractivity contribution is -0.184. The monoisotopic (exact) mass is 420 g/mol. The van der Waals surface area contributed by atoms with E-state index in [1.54, 1.807) is 24.3 Å². The van der Waals surface area contributed by atoms with Crippen LogP contribution in [-0.2, 0) is 4.79 Å². The molecule has 0 bridgehead atoms. The average Bonchev–Trinajstić information content (AvgIpc) is 2.55. The lowest BCUT2D eigenvalue weighted by Gasteiger charge is -2.31. The summed E-state index contributed by atoms with van der Waals surface area (Å²) >= 11 is 3.27. The van der Waals surface area contributed by atoms with E-state index in [1.165, 1.54) is 0 Å². The van der Waals surface area contributed by atoms with Gasteiger partial charge in [0.15, 0.2) is 0 Å². The van der Waals surface area contributed by atoms with Crippen molar-refractivity contribution in [1.29, 1.82) is 0 Å². The molecule has 2 atom stereocenters. The predicted molar refractivity (Wildman–Crippen MR) is 91.0 cm³/mol. The number of carbonyl (C=O) groups is 2. The molecule has 4 nitrogen and oxygen atoms in total. The second kappa shape index (κ2) is 8.69. The first-order valence-electron chi connectivity index (χ1n) is 8.15. The molecule has 25 heavy (non-hydrogen) atoms. The third-order valence-corrected chi connectivity index (χ3v) is 4.77. The molecule has 0 aliphatic heterocycles. The summed E-state index contributed by atoms with van der Waals surface area (Å²) in [5.74, 6) is -1.98. The molecule has 2 amide bonds. The van der Waals surface area contributed by atoms with Gasteiger partial charge in [0.2, 0.25) is 5.91 Å². The molecule has 8 heteroatoms. The fourth-order valence-electron chi connectivity index (χ4n) is 2.91. The highest BCUT2D eigenvalue weighted by Crippen LogP contribution is 2.37. The molecule has 1 aliphatic rings. The van der Waals surface area contributed by atoms with Gasteiger partial charge in [0.05, 0.1) is 5.92 Å². The van der Waals surface area contributed by atoms with Gasteiger partial charge < -0.3 is 10.6 Å². The molecular formula is C17H20BrF3N2O2. The summed E-state index contributed by atoms with van der Waals surface area (Å²) in [6.45, 7) is 0.135. The van der Waals surface area contributed by atoms with Crippen LogP contribution >= 0.6 is 15.9 Å². The molecule has 0 radical (unpaired) electrons. The Hall–Kier alpha value is -1.57. The average molecular weight is 421 g/mol. The van der Waals surface area contributed by atoms with E-state index in [0.717, 1.165) is 4.47 Å². The van der Waals surface area contributed by atoms with Crippen LogP contribution in [0.2, 0.25) is 0 Å². The molecule has 0 aromatic heterocycles. The van der Waals surface area contributed by atoms with Gasteiger partial charge in [0, 0.05) is 29.0 Å². The van der Waals surface area contributed by atoms with Crippen LogP contribution in [0.1, 0.15) is 42.5 Å². The Morgan fingerprint density at radius 3 is 2.48 bits per heavy atom. The maximum absolute atomic E-state index is 12.8. The van der Waals surface area contributed by atoms with Crippen molar-refractivity contribution in [3.8, 4) is 0 Å². The zero-order valence-corrected chi connectivity index (χ0v) is 15.1. The standard InChI is InChI=1S/C17H20BrF3N2O2/c18-13-6-4-11(5-7-13)16(25)22-9-8-15(24)23-14-3-1-2-12(10-14)17(19,20)21/h4-7,12,14H,1-3,8-10H2,(H,22,25)(H,23,24)/t12-,14+/m1/s1. The van der Waals surface area contributed by atoms with Crippen LogP contribution in [0.4, 0.5) is 13.2 Å². The van der Waals surface area contributed by atoms with Crippen LogP contribution < -0.4 is 10.6 Å². The number of amides is 2. The largest absolute Gasteiger partial charge is 0.391 e. The highest BCUT2D eigenvalue weighted by Gasteiger charge is 2.42. The Morgan fingerprint density at radius 1 is 1.16 bits per heavy atom. The maximum atomic E-state index is 12.8. The minimum atomic E-state index is -4.21. The molecule has 2 N–H and O–H groups in total. The number of nitrogens with one attached hydrogen (secondary N) is 2. The van der Waals surface area contributed by atoms with E-state index in [-0.39, 0.29) is 37.6 Å². The summed E-state index contributed by atoms with van der Waals surface area (Å²) in [7, 11) is 0. The van der Waals surface area contributed by atoms with Gasteiger partial charge in [-0.15, -0.1) is 0 Å². The van der Waals surface area contributed by atoms with Crippen molar-refractivity contribution in [2.45, 2.75) is 44.3 Å². The van der Waals surface area contributed by atoms with Gasteiger partial charge in [-0.05, 0) is 43.5 Å². The number of alkyl halides is 3. The predicted octanol–water partition coefficient (Wildman–Crippen LogP) is 3.81. The summed E-state index contributed by atoms with van der Waals surface area (Å²) in [5, 5.41) is 5.27. The molecule has 1 saturated carbocycles. The molecule has 0 heterocycles. The first kappa shape index (κ1) is 19.8. The van der Waals surface area contributed by atoms with Gasteiger partial charge in [-0.3, -0.25) is 9.59 Å². The minimum Gasteiger partial charge on any atom is -0.353 e. The fraction of sp³-hybridized carbons (Fsp3) is 0.529. The smallest absolute Gasteiger partial charge is 0.353 e. The van der Waals surface area contributed by atoms with Crippen molar-refractivity contribution < 1.29 is 22.8 Å². The molecular weight excluding hydrogens is 401 g/mol.